The molecule has 1 aliphatic heterocycles. The molecule has 0 saturated heterocycles. The second-order valence-electron chi connectivity index (χ2n) is 8.01. The average Bonchev–Trinajstić information content (AvgIpc) is 3.00. The zero-order valence-corrected chi connectivity index (χ0v) is 15.8. The van der Waals surface area contributed by atoms with Gasteiger partial charge in [0.1, 0.15) is 0 Å². The van der Waals surface area contributed by atoms with E-state index in [1.807, 2.05) is 0 Å². The Labute approximate surface area is 144 Å². The Bertz CT molecular complexity index is 1050. The summed E-state index contributed by atoms with van der Waals surface area (Å²) in [7, 11) is -1.52. The molecule has 1 heteroatoms. The van der Waals surface area contributed by atoms with Crippen LogP contribution in [0.5, 0.6) is 0 Å². The summed E-state index contributed by atoms with van der Waals surface area (Å²) in [5.41, 5.74) is 9.84. The largest absolute Gasteiger partial charge is 0.0931 e. The van der Waals surface area contributed by atoms with Crippen LogP contribution in [0.25, 0.3) is 28.0 Å². The van der Waals surface area contributed by atoms with Crippen LogP contribution in [0.15, 0.2) is 54.1 Å². The number of allylic oxidation sites excluding steroid dienone is 1. The van der Waals surface area contributed by atoms with E-state index in [2.05, 4.69) is 81.5 Å². The molecule has 5 rings (SSSR count). The van der Waals surface area contributed by atoms with E-state index in [0.717, 1.165) is 0 Å². The van der Waals surface area contributed by atoms with Crippen molar-refractivity contribution >= 4 is 30.1 Å². The van der Waals surface area contributed by atoms with E-state index in [1.165, 1.54) is 27.5 Å². The minimum absolute atomic E-state index is 0.671. The van der Waals surface area contributed by atoms with Gasteiger partial charge in [-0.25, -0.2) is 0 Å². The van der Waals surface area contributed by atoms with E-state index >= 15 is 0 Å². The molecule has 118 valence electrons. The van der Waals surface area contributed by atoms with Gasteiger partial charge in [0.25, 0.3) is 0 Å². The van der Waals surface area contributed by atoms with E-state index in [-0.39, 0.29) is 0 Å². The molecule has 1 unspecified atom stereocenters. The van der Waals surface area contributed by atoms with Crippen molar-refractivity contribution in [1.29, 1.82) is 0 Å². The van der Waals surface area contributed by atoms with E-state index in [1.54, 1.807) is 21.9 Å². The standard InChI is InChI=1S/C23H22Si/c1-14-13-20-21(18-11-7-9-16-8-5-6-10-17(16)18)22-19(14)12-15(2)23(22)24(20,3)4/h5-13,23H,1-4H3. The summed E-state index contributed by atoms with van der Waals surface area (Å²) < 4.78 is 0. The lowest BCUT2D eigenvalue weighted by atomic mass is 9.90. The van der Waals surface area contributed by atoms with Gasteiger partial charge in [0, 0.05) is 5.54 Å². The summed E-state index contributed by atoms with van der Waals surface area (Å²) in [5.74, 6) is 0. The molecule has 3 aromatic rings. The van der Waals surface area contributed by atoms with Crippen molar-refractivity contribution in [3.63, 3.8) is 0 Å². The fourth-order valence-corrected chi connectivity index (χ4v) is 9.27. The van der Waals surface area contributed by atoms with Crippen LogP contribution in [0.4, 0.5) is 0 Å². The Kier molecular flexibility index (Phi) is 2.66. The predicted octanol–water partition coefficient (Wildman–Crippen LogP) is 5.78. The van der Waals surface area contributed by atoms with Crippen molar-refractivity contribution in [3.05, 3.63) is 70.8 Å². The number of hydrogen-bond acceptors (Lipinski definition) is 0. The summed E-state index contributed by atoms with van der Waals surface area (Å²) in [6.07, 6.45) is 2.46. The molecule has 2 bridgehead atoms. The van der Waals surface area contributed by atoms with Crippen LogP contribution in [0.3, 0.4) is 0 Å². The SMILES string of the molecule is CC1=Cc2c(C)cc3c(-c4cccc5ccccc45)c2C1[Si]3(C)C. The molecule has 0 saturated carbocycles. The molecule has 24 heavy (non-hydrogen) atoms. The quantitative estimate of drug-likeness (QED) is 0.497. The maximum atomic E-state index is 2.56. The number of benzene rings is 3. The minimum atomic E-state index is -1.52. The predicted molar refractivity (Wildman–Crippen MR) is 108 cm³/mol. The Hall–Kier alpha value is -2.12. The number of hydrogen-bond donors (Lipinski definition) is 0. The van der Waals surface area contributed by atoms with Crippen molar-refractivity contribution in [2.24, 2.45) is 0 Å². The van der Waals surface area contributed by atoms with Gasteiger partial charge in [0.05, 0.1) is 8.07 Å². The van der Waals surface area contributed by atoms with Crippen molar-refractivity contribution in [1.82, 2.24) is 0 Å². The molecule has 1 heterocycles. The Morgan fingerprint density at radius 2 is 1.67 bits per heavy atom. The first-order valence-corrected chi connectivity index (χ1v) is 11.9. The minimum Gasteiger partial charge on any atom is -0.0675 e. The summed E-state index contributed by atoms with van der Waals surface area (Å²) in [5, 5.41) is 4.39. The van der Waals surface area contributed by atoms with Gasteiger partial charge in [-0.1, -0.05) is 78.5 Å². The third kappa shape index (κ3) is 1.58. The lowest BCUT2D eigenvalue weighted by Gasteiger charge is -2.25. The molecule has 0 amide bonds. The van der Waals surface area contributed by atoms with Crippen molar-refractivity contribution in [3.8, 4) is 11.1 Å². The molecule has 0 N–H and O–H groups in total. The van der Waals surface area contributed by atoms with Crippen LogP contribution in [0.2, 0.25) is 13.1 Å². The van der Waals surface area contributed by atoms with Crippen LogP contribution in [-0.2, 0) is 0 Å². The van der Waals surface area contributed by atoms with Gasteiger partial charge in [-0.2, -0.15) is 0 Å². The summed E-state index contributed by atoms with van der Waals surface area (Å²) in [6, 6.07) is 18.1. The molecule has 0 spiro atoms. The average molecular weight is 327 g/mol. The molecule has 2 aliphatic rings. The number of fused-ring (bicyclic) bond motifs is 2. The molecule has 0 aromatic heterocycles. The van der Waals surface area contributed by atoms with Gasteiger partial charge in [-0.05, 0) is 52.4 Å². The van der Waals surface area contributed by atoms with E-state index in [0.29, 0.717) is 5.54 Å². The van der Waals surface area contributed by atoms with Crippen LogP contribution >= 0.6 is 0 Å². The molecular weight excluding hydrogens is 304 g/mol. The van der Waals surface area contributed by atoms with E-state index in [9.17, 15) is 0 Å². The molecular formula is C23H22Si. The van der Waals surface area contributed by atoms with E-state index in [4.69, 9.17) is 0 Å². The number of rotatable bonds is 1. The van der Waals surface area contributed by atoms with Gasteiger partial charge in [-0.15, -0.1) is 0 Å². The highest BCUT2D eigenvalue weighted by Crippen LogP contribution is 2.53. The van der Waals surface area contributed by atoms with Gasteiger partial charge in [0.2, 0.25) is 0 Å². The molecule has 1 atom stereocenters. The molecule has 3 aromatic carbocycles. The topological polar surface area (TPSA) is 0 Å². The normalized spacial score (nSPS) is 19.8. The molecule has 0 fully saturated rings. The Balaban J connectivity index is 1.93. The monoisotopic (exact) mass is 326 g/mol. The summed E-state index contributed by atoms with van der Waals surface area (Å²) in [4.78, 5) is 0. The highest BCUT2D eigenvalue weighted by atomic mass is 28.3. The summed E-state index contributed by atoms with van der Waals surface area (Å²) in [6.45, 7) is 9.74. The van der Waals surface area contributed by atoms with Crippen LogP contribution in [0.1, 0.15) is 29.2 Å². The Morgan fingerprint density at radius 3 is 2.50 bits per heavy atom. The highest BCUT2D eigenvalue weighted by molar-refractivity contribution is 6.94. The zero-order valence-electron chi connectivity index (χ0n) is 14.8. The molecule has 0 nitrogen and oxygen atoms in total. The van der Waals surface area contributed by atoms with Crippen LogP contribution in [0, 0.1) is 6.92 Å². The van der Waals surface area contributed by atoms with Crippen molar-refractivity contribution in [2.75, 3.05) is 0 Å². The lowest BCUT2D eigenvalue weighted by molar-refractivity contribution is 1.11. The fourth-order valence-electron chi connectivity index (χ4n) is 5.22. The first-order valence-electron chi connectivity index (χ1n) is 8.84. The first-order chi connectivity index (χ1) is 11.5. The van der Waals surface area contributed by atoms with Crippen LogP contribution in [-0.4, -0.2) is 8.07 Å². The third-order valence-corrected chi connectivity index (χ3v) is 10.2. The van der Waals surface area contributed by atoms with Gasteiger partial charge < -0.3 is 0 Å². The maximum Gasteiger partial charge on any atom is 0.0931 e. The lowest BCUT2D eigenvalue weighted by Crippen LogP contribution is -2.43. The van der Waals surface area contributed by atoms with Gasteiger partial charge >= 0.3 is 0 Å². The van der Waals surface area contributed by atoms with Crippen molar-refractivity contribution < 1.29 is 0 Å². The smallest absolute Gasteiger partial charge is 0.0675 e. The van der Waals surface area contributed by atoms with E-state index < -0.39 is 8.07 Å². The first kappa shape index (κ1) is 14.2. The molecule has 1 aliphatic carbocycles. The maximum absolute atomic E-state index is 2.56. The summed E-state index contributed by atoms with van der Waals surface area (Å²) >= 11 is 0. The third-order valence-electron chi connectivity index (χ3n) is 6.21. The fraction of sp³-hybridized carbons (Fsp3) is 0.217. The van der Waals surface area contributed by atoms with Crippen LogP contribution < -0.4 is 5.19 Å². The molecule has 0 radical (unpaired) electrons. The second kappa shape index (κ2) is 4.49. The zero-order chi connectivity index (χ0) is 16.6. The van der Waals surface area contributed by atoms with Gasteiger partial charge in [-0.3, -0.25) is 0 Å². The Morgan fingerprint density at radius 1 is 0.917 bits per heavy atom. The van der Waals surface area contributed by atoms with Crippen molar-refractivity contribution in [2.45, 2.75) is 32.5 Å². The van der Waals surface area contributed by atoms with Gasteiger partial charge in [0.15, 0.2) is 0 Å². The number of aryl methyl sites for hydroxylation is 1. The second-order valence-corrected chi connectivity index (χ2v) is 12.6. The highest BCUT2D eigenvalue weighted by Gasteiger charge is 2.49.